The van der Waals surface area contributed by atoms with Gasteiger partial charge in [-0.05, 0) is 74.5 Å². The summed E-state index contributed by atoms with van der Waals surface area (Å²) >= 11 is 0. The SMILES string of the molecule is Cc1cc(C)c(-c2nc3c([nH]2)CCN(C)C3)cc1C(=O)N1CCC(c2ccc(C#N)cc2)CC1. The average molecular weight is 454 g/mol. The molecule has 2 aliphatic rings. The Morgan fingerprint density at radius 2 is 1.82 bits per heavy atom. The first-order chi connectivity index (χ1) is 16.4. The van der Waals surface area contributed by atoms with Gasteiger partial charge in [-0.15, -0.1) is 0 Å². The van der Waals surface area contributed by atoms with Gasteiger partial charge >= 0.3 is 0 Å². The number of aromatic nitrogens is 2. The summed E-state index contributed by atoms with van der Waals surface area (Å²) in [5, 5.41) is 9.03. The molecule has 1 amide bonds. The molecule has 3 aromatic rings. The number of nitrogens with zero attached hydrogens (tertiary/aromatic N) is 4. The second-order valence-corrected chi connectivity index (χ2v) is 9.78. The molecule has 174 valence electrons. The second-order valence-electron chi connectivity index (χ2n) is 9.78. The molecular weight excluding hydrogens is 422 g/mol. The molecule has 6 heteroatoms. The largest absolute Gasteiger partial charge is 0.342 e. The van der Waals surface area contributed by atoms with Gasteiger partial charge < -0.3 is 14.8 Å². The Kier molecular flexibility index (Phi) is 5.97. The van der Waals surface area contributed by atoms with Crippen LogP contribution in [0.4, 0.5) is 0 Å². The molecule has 1 saturated heterocycles. The van der Waals surface area contributed by atoms with E-state index in [-0.39, 0.29) is 5.91 Å². The number of amides is 1. The first kappa shape index (κ1) is 22.4. The van der Waals surface area contributed by atoms with Crippen molar-refractivity contribution in [3.8, 4) is 17.5 Å². The van der Waals surface area contributed by atoms with Gasteiger partial charge in [0.05, 0.1) is 17.3 Å². The third-order valence-corrected chi connectivity index (χ3v) is 7.38. The van der Waals surface area contributed by atoms with Crippen LogP contribution in [-0.4, -0.2) is 52.4 Å². The van der Waals surface area contributed by atoms with Crippen molar-refractivity contribution in [2.45, 2.75) is 45.6 Å². The molecule has 6 nitrogen and oxygen atoms in total. The number of likely N-dealkylation sites (N-methyl/N-ethyl adjacent to an activating group) is 1. The third kappa shape index (κ3) is 4.24. The number of aromatic amines is 1. The number of carbonyl (C=O) groups excluding carboxylic acids is 1. The Labute approximate surface area is 201 Å². The first-order valence-electron chi connectivity index (χ1n) is 12.1. The van der Waals surface area contributed by atoms with E-state index in [0.29, 0.717) is 11.5 Å². The van der Waals surface area contributed by atoms with Crippen LogP contribution in [0.15, 0.2) is 36.4 Å². The van der Waals surface area contributed by atoms with Crippen LogP contribution in [-0.2, 0) is 13.0 Å². The van der Waals surface area contributed by atoms with Crippen LogP contribution in [0.25, 0.3) is 11.4 Å². The van der Waals surface area contributed by atoms with Crippen LogP contribution < -0.4 is 0 Å². The van der Waals surface area contributed by atoms with Crippen LogP contribution in [0.5, 0.6) is 0 Å². The van der Waals surface area contributed by atoms with Crippen molar-refractivity contribution in [2.75, 3.05) is 26.7 Å². The van der Waals surface area contributed by atoms with Crippen molar-refractivity contribution in [1.82, 2.24) is 19.8 Å². The van der Waals surface area contributed by atoms with E-state index >= 15 is 0 Å². The maximum atomic E-state index is 13.5. The summed E-state index contributed by atoms with van der Waals surface area (Å²) in [6.45, 7) is 7.49. The van der Waals surface area contributed by atoms with E-state index < -0.39 is 0 Å². The van der Waals surface area contributed by atoms with Gasteiger partial charge in [0.25, 0.3) is 5.91 Å². The smallest absolute Gasteiger partial charge is 0.254 e. The van der Waals surface area contributed by atoms with E-state index in [4.69, 9.17) is 10.2 Å². The topological polar surface area (TPSA) is 76.0 Å². The van der Waals surface area contributed by atoms with Crippen molar-refractivity contribution < 1.29 is 4.79 Å². The fraction of sp³-hybridized carbons (Fsp3) is 0.393. The minimum atomic E-state index is 0.105. The summed E-state index contributed by atoms with van der Waals surface area (Å²) in [5.41, 5.74) is 8.19. The highest BCUT2D eigenvalue weighted by Gasteiger charge is 2.27. The van der Waals surface area contributed by atoms with Gasteiger partial charge in [0.1, 0.15) is 5.82 Å². The number of H-pyrrole nitrogens is 1. The number of nitrogens with one attached hydrogen (secondary N) is 1. The van der Waals surface area contributed by atoms with Crippen LogP contribution in [0, 0.1) is 25.2 Å². The lowest BCUT2D eigenvalue weighted by Crippen LogP contribution is -2.38. The Morgan fingerprint density at radius 3 is 2.53 bits per heavy atom. The number of nitriles is 1. The van der Waals surface area contributed by atoms with E-state index in [1.165, 1.54) is 11.3 Å². The van der Waals surface area contributed by atoms with Gasteiger partial charge in [-0.25, -0.2) is 4.98 Å². The standard InChI is InChI=1S/C28H31N5O/c1-18-14-19(2)24(15-23(18)27-30-25-10-11-32(3)17-26(25)31-27)28(34)33-12-8-22(9-13-33)21-6-4-20(16-29)5-7-21/h4-7,14-15,22H,8-13,17H2,1-3H3,(H,30,31). The molecule has 0 bridgehead atoms. The molecule has 0 atom stereocenters. The number of fused-ring (bicyclic) bond motifs is 1. The van der Waals surface area contributed by atoms with Crippen molar-refractivity contribution in [3.63, 3.8) is 0 Å². The van der Waals surface area contributed by atoms with Gasteiger partial charge in [0.15, 0.2) is 0 Å². The van der Waals surface area contributed by atoms with Crippen LogP contribution >= 0.6 is 0 Å². The molecule has 3 heterocycles. The second kappa shape index (κ2) is 9.08. The predicted octanol–water partition coefficient (Wildman–Crippen LogP) is 4.57. The molecular formula is C28H31N5O. The van der Waals surface area contributed by atoms with Crippen molar-refractivity contribution in [2.24, 2.45) is 0 Å². The summed E-state index contributed by atoms with van der Waals surface area (Å²) in [4.78, 5) is 26.2. The maximum Gasteiger partial charge on any atom is 0.254 e. The van der Waals surface area contributed by atoms with Crippen molar-refractivity contribution >= 4 is 5.91 Å². The number of imidazole rings is 1. The third-order valence-electron chi connectivity index (χ3n) is 7.38. The quantitative estimate of drug-likeness (QED) is 0.630. The lowest BCUT2D eigenvalue weighted by molar-refractivity contribution is 0.0712. The molecule has 5 rings (SSSR count). The predicted molar refractivity (Wildman–Crippen MR) is 133 cm³/mol. The minimum absolute atomic E-state index is 0.105. The Bertz CT molecular complexity index is 1260. The van der Waals surface area contributed by atoms with Crippen LogP contribution in [0.2, 0.25) is 0 Å². The molecule has 0 radical (unpaired) electrons. The highest BCUT2D eigenvalue weighted by atomic mass is 16.2. The fourth-order valence-electron chi connectivity index (χ4n) is 5.30. The molecule has 0 aliphatic carbocycles. The number of hydrogen-bond donors (Lipinski definition) is 1. The minimum Gasteiger partial charge on any atom is -0.342 e. The number of aryl methyl sites for hydroxylation is 2. The average Bonchev–Trinajstić information content (AvgIpc) is 3.27. The van der Waals surface area contributed by atoms with E-state index in [2.05, 4.69) is 48.1 Å². The zero-order valence-corrected chi connectivity index (χ0v) is 20.2. The Hall–Kier alpha value is -3.43. The summed E-state index contributed by atoms with van der Waals surface area (Å²) in [5.74, 6) is 1.40. The number of carbonyl (C=O) groups is 1. The lowest BCUT2D eigenvalue weighted by Gasteiger charge is -2.32. The highest BCUT2D eigenvalue weighted by molar-refractivity contribution is 5.97. The normalized spacial score (nSPS) is 16.8. The fourth-order valence-corrected chi connectivity index (χ4v) is 5.30. The first-order valence-corrected chi connectivity index (χ1v) is 12.1. The highest BCUT2D eigenvalue weighted by Crippen LogP contribution is 2.31. The molecule has 2 aliphatic heterocycles. The summed E-state index contributed by atoms with van der Waals surface area (Å²) in [6.07, 6.45) is 2.85. The zero-order valence-electron chi connectivity index (χ0n) is 20.2. The van der Waals surface area contributed by atoms with E-state index in [9.17, 15) is 4.79 Å². The van der Waals surface area contributed by atoms with Crippen molar-refractivity contribution in [3.05, 3.63) is 75.6 Å². The number of hydrogen-bond acceptors (Lipinski definition) is 4. The molecule has 0 saturated carbocycles. The van der Waals surface area contributed by atoms with Gasteiger partial charge in [0, 0.05) is 49.4 Å². The monoisotopic (exact) mass is 453 g/mol. The maximum absolute atomic E-state index is 13.5. The van der Waals surface area contributed by atoms with Gasteiger partial charge in [0.2, 0.25) is 0 Å². The summed E-state index contributed by atoms with van der Waals surface area (Å²) < 4.78 is 0. The van der Waals surface area contributed by atoms with E-state index in [1.807, 2.05) is 30.0 Å². The number of likely N-dealkylation sites (tertiary alicyclic amines) is 1. The number of benzene rings is 2. The number of rotatable bonds is 3. The molecule has 34 heavy (non-hydrogen) atoms. The van der Waals surface area contributed by atoms with E-state index in [1.54, 1.807) is 0 Å². The van der Waals surface area contributed by atoms with Gasteiger partial charge in [-0.2, -0.15) is 5.26 Å². The molecule has 0 spiro atoms. The molecule has 0 unspecified atom stereocenters. The molecule has 1 aromatic heterocycles. The summed E-state index contributed by atoms with van der Waals surface area (Å²) in [7, 11) is 2.12. The van der Waals surface area contributed by atoms with Crippen LogP contribution in [0.1, 0.15) is 62.8 Å². The van der Waals surface area contributed by atoms with Gasteiger partial charge in [-0.3, -0.25) is 4.79 Å². The van der Waals surface area contributed by atoms with Gasteiger partial charge in [-0.1, -0.05) is 18.2 Å². The molecule has 1 N–H and O–H groups in total. The van der Waals surface area contributed by atoms with E-state index in [0.717, 1.165) is 79.2 Å². The lowest BCUT2D eigenvalue weighted by atomic mass is 9.88. The Morgan fingerprint density at radius 1 is 1.09 bits per heavy atom. The molecule has 2 aromatic carbocycles. The van der Waals surface area contributed by atoms with Crippen molar-refractivity contribution in [1.29, 1.82) is 5.26 Å². The molecule has 1 fully saturated rings. The van der Waals surface area contributed by atoms with Crippen LogP contribution in [0.3, 0.4) is 0 Å². The Balaban J connectivity index is 1.34. The zero-order chi connectivity index (χ0) is 23.8. The summed E-state index contributed by atoms with van der Waals surface area (Å²) in [6, 6.07) is 14.2. The number of piperidine rings is 1.